The standard InChI is InChI=1S/C62H81BN2O/c1-37-26-49-52-50(27-37)65(43-31-41(58(11,12)13)35-62(21,36-43)59(14,15)16)53-44-23-22-38(55(2,3)4)32-51(44)66-54(53)63(52)47-33-45-46(61(19,20)25-24-60(45,17)18)34-48(47)64(49)42-29-39(56(5,6)7)28-40(30-42)57(8,9)10/h22-23,26-34,36H,24-25,35H2,1-21H3. The number of rotatable bonds is 2. The van der Waals surface area contributed by atoms with Gasteiger partial charge in [0.15, 0.2) is 0 Å². The lowest BCUT2D eigenvalue weighted by Gasteiger charge is -2.49. The Labute approximate surface area is 400 Å². The second-order valence-corrected chi connectivity index (χ2v) is 27.9. The first-order valence-corrected chi connectivity index (χ1v) is 25.2. The van der Waals surface area contributed by atoms with E-state index in [9.17, 15) is 0 Å². The molecule has 1 aromatic heterocycles. The van der Waals surface area contributed by atoms with E-state index in [1.807, 2.05) is 0 Å². The van der Waals surface area contributed by atoms with Crippen LogP contribution in [0.3, 0.4) is 0 Å². The van der Waals surface area contributed by atoms with E-state index in [2.05, 4.69) is 228 Å². The number of aryl methyl sites for hydroxylation is 1. The van der Waals surface area contributed by atoms with E-state index in [-0.39, 0.29) is 50.0 Å². The number of fused-ring (bicyclic) bond motifs is 7. The minimum absolute atomic E-state index is 0.00246. The number of furan rings is 1. The molecule has 4 aromatic carbocycles. The molecule has 0 bridgehead atoms. The van der Waals surface area contributed by atoms with Crippen LogP contribution in [0.1, 0.15) is 191 Å². The van der Waals surface area contributed by atoms with Gasteiger partial charge in [0.05, 0.1) is 11.3 Å². The first-order valence-electron chi connectivity index (χ1n) is 25.2. The molecule has 0 N–H and O–H groups in total. The van der Waals surface area contributed by atoms with Gasteiger partial charge in [-0.3, -0.25) is 0 Å². The SMILES string of the molecule is Cc1cc2c3c(c1)N(c1cc(C(C)(C)C)cc(C(C)(C)C)c1)c1cc4c(cc1B3c1oc3cc(C(C)(C)C)ccc3c1N2C1=CC(C)(C(C)(C)C)CC(C(C)(C)C)=C1)C(C)(C)CCC4(C)C. The summed E-state index contributed by atoms with van der Waals surface area (Å²) in [5, 5.41) is 1.18. The van der Waals surface area contributed by atoms with Crippen molar-refractivity contribution in [2.45, 2.75) is 192 Å². The zero-order chi connectivity index (χ0) is 48.4. The average Bonchev–Trinajstić information content (AvgIpc) is 3.55. The number of benzene rings is 4. The highest BCUT2D eigenvalue weighted by Crippen LogP contribution is 2.55. The van der Waals surface area contributed by atoms with E-state index >= 15 is 0 Å². The molecule has 1 unspecified atom stereocenters. The first kappa shape index (κ1) is 46.7. The summed E-state index contributed by atoms with van der Waals surface area (Å²) in [5.41, 5.74) is 21.8. The van der Waals surface area contributed by atoms with Crippen LogP contribution in [-0.2, 0) is 27.1 Å². The second-order valence-electron chi connectivity index (χ2n) is 27.9. The monoisotopic (exact) mass is 881 g/mol. The lowest BCUT2D eigenvalue weighted by Crippen LogP contribution is -2.61. The lowest BCUT2D eigenvalue weighted by atomic mass is 9.35. The molecule has 3 heterocycles. The van der Waals surface area contributed by atoms with E-state index in [1.54, 1.807) is 0 Å². The maximum atomic E-state index is 7.59. The number of nitrogens with zero attached hydrogens (tertiary/aromatic N) is 2. The molecule has 0 saturated carbocycles. The van der Waals surface area contributed by atoms with Crippen LogP contribution >= 0.6 is 0 Å². The smallest absolute Gasteiger partial charge is 0.297 e. The fourth-order valence-corrected chi connectivity index (χ4v) is 11.4. The van der Waals surface area contributed by atoms with Gasteiger partial charge >= 0.3 is 0 Å². The van der Waals surface area contributed by atoms with Crippen molar-refractivity contribution in [1.29, 1.82) is 0 Å². The summed E-state index contributed by atoms with van der Waals surface area (Å²) < 4.78 is 7.59. The Morgan fingerprint density at radius 3 is 1.65 bits per heavy atom. The molecule has 5 aromatic rings. The molecule has 2 aliphatic carbocycles. The minimum atomic E-state index is -0.109. The summed E-state index contributed by atoms with van der Waals surface area (Å²) in [5.74, 6) is 0. The van der Waals surface area contributed by atoms with E-state index in [1.165, 1.54) is 89.4 Å². The Hall–Kier alpha value is -4.44. The van der Waals surface area contributed by atoms with Crippen LogP contribution in [-0.4, -0.2) is 6.71 Å². The summed E-state index contributed by atoms with van der Waals surface area (Å²) >= 11 is 0. The Balaban J connectivity index is 1.47. The maximum Gasteiger partial charge on any atom is 0.297 e. The molecule has 348 valence electrons. The molecule has 0 spiro atoms. The molecule has 0 fully saturated rings. The number of hydrogen-bond donors (Lipinski definition) is 0. The average molecular weight is 881 g/mol. The third kappa shape index (κ3) is 7.36. The molecular formula is C62H81BN2O. The van der Waals surface area contributed by atoms with Crippen molar-refractivity contribution in [2.24, 2.45) is 16.2 Å². The molecule has 9 rings (SSSR count). The van der Waals surface area contributed by atoms with Crippen LogP contribution in [0.5, 0.6) is 0 Å². The van der Waals surface area contributed by atoms with E-state index in [0.717, 1.165) is 30.5 Å². The third-order valence-corrected chi connectivity index (χ3v) is 16.8. The normalized spacial score (nSPS) is 20.4. The summed E-state index contributed by atoms with van der Waals surface area (Å²) in [6, 6.07) is 24.8. The van der Waals surface area contributed by atoms with Gasteiger partial charge in [-0.25, -0.2) is 0 Å². The quantitative estimate of drug-likeness (QED) is 0.162. The fraction of sp³-hybridized carbons (Fsp3) is 0.516. The summed E-state index contributed by atoms with van der Waals surface area (Å²) in [7, 11) is 0. The van der Waals surface area contributed by atoms with Gasteiger partial charge in [-0.15, -0.1) is 0 Å². The van der Waals surface area contributed by atoms with Gasteiger partial charge in [0.25, 0.3) is 6.71 Å². The molecule has 1 atom stereocenters. The van der Waals surface area contributed by atoms with Gasteiger partial charge in [0.2, 0.25) is 0 Å². The van der Waals surface area contributed by atoms with Crippen molar-refractivity contribution >= 4 is 62.7 Å². The van der Waals surface area contributed by atoms with E-state index in [4.69, 9.17) is 4.42 Å². The van der Waals surface area contributed by atoms with Crippen molar-refractivity contribution in [2.75, 3.05) is 9.80 Å². The van der Waals surface area contributed by atoms with E-state index < -0.39 is 0 Å². The van der Waals surface area contributed by atoms with Crippen LogP contribution in [0, 0.1) is 23.2 Å². The molecule has 2 aliphatic heterocycles. The largest absolute Gasteiger partial charge is 0.468 e. The van der Waals surface area contributed by atoms with Gasteiger partial charge in [0.1, 0.15) is 5.58 Å². The Morgan fingerprint density at radius 2 is 1.12 bits per heavy atom. The topological polar surface area (TPSA) is 19.6 Å². The maximum absolute atomic E-state index is 7.59. The molecule has 0 amide bonds. The zero-order valence-electron chi connectivity index (χ0n) is 44.9. The predicted molar refractivity (Wildman–Crippen MR) is 288 cm³/mol. The Kier molecular flexibility index (Phi) is 10.1. The van der Waals surface area contributed by atoms with Crippen LogP contribution in [0.25, 0.3) is 11.0 Å². The summed E-state index contributed by atoms with van der Waals surface area (Å²) in [6.45, 7) is 50.2. The highest BCUT2D eigenvalue weighted by atomic mass is 16.3. The van der Waals surface area contributed by atoms with Gasteiger partial charge in [-0.2, -0.15) is 0 Å². The van der Waals surface area contributed by atoms with Crippen LogP contribution in [0.4, 0.5) is 28.4 Å². The molecule has 4 aliphatic rings. The fourth-order valence-electron chi connectivity index (χ4n) is 11.4. The molecule has 66 heavy (non-hydrogen) atoms. The van der Waals surface area contributed by atoms with Crippen molar-refractivity contribution in [3.8, 4) is 0 Å². The Bertz CT molecular complexity index is 2860. The molecule has 3 nitrogen and oxygen atoms in total. The van der Waals surface area contributed by atoms with Crippen LogP contribution in [0.15, 0.2) is 88.5 Å². The summed E-state index contributed by atoms with van der Waals surface area (Å²) in [6.07, 6.45) is 8.52. The van der Waals surface area contributed by atoms with Crippen molar-refractivity contribution in [1.82, 2.24) is 0 Å². The van der Waals surface area contributed by atoms with Crippen molar-refractivity contribution in [3.63, 3.8) is 0 Å². The second kappa shape index (κ2) is 14.3. The van der Waals surface area contributed by atoms with Crippen molar-refractivity contribution < 1.29 is 4.42 Å². The molecule has 0 radical (unpaired) electrons. The number of allylic oxidation sites excluding steroid dienone is 3. The van der Waals surface area contributed by atoms with Gasteiger partial charge < -0.3 is 14.2 Å². The first-order chi connectivity index (χ1) is 30.1. The highest BCUT2D eigenvalue weighted by Gasteiger charge is 2.50. The predicted octanol–water partition coefficient (Wildman–Crippen LogP) is 16.0. The van der Waals surface area contributed by atoms with Gasteiger partial charge in [0, 0.05) is 33.8 Å². The van der Waals surface area contributed by atoms with Gasteiger partial charge in [-0.05, 0) is 162 Å². The van der Waals surface area contributed by atoms with E-state index in [0.29, 0.717) is 0 Å². The zero-order valence-corrected chi connectivity index (χ0v) is 44.9. The number of hydrogen-bond acceptors (Lipinski definition) is 3. The lowest BCUT2D eigenvalue weighted by molar-refractivity contribution is 0.156. The molecule has 0 saturated heterocycles. The molecular weight excluding hydrogens is 800 g/mol. The molecule has 4 heteroatoms. The van der Waals surface area contributed by atoms with Gasteiger partial charge in [-0.1, -0.05) is 168 Å². The summed E-state index contributed by atoms with van der Waals surface area (Å²) in [4.78, 5) is 5.32. The van der Waals surface area contributed by atoms with Crippen LogP contribution < -0.4 is 26.4 Å². The van der Waals surface area contributed by atoms with Crippen molar-refractivity contribution in [3.05, 3.63) is 117 Å². The number of anilines is 5. The minimum Gasteiger partial charge on any atom is -0.468 e. The highest BCUT2D eigenvalue weighted by molar-refractivity contribution is 7.00. The third-order valence-electron chi connectivity index (χ3n) is 16.8. The van der Waals surface area contributed by atoms with Crippen LogP contribution in [0.2, 0.25) is 0 Å². The Morgan fingerprint density at radius 1 is 0.576 bits per heavy atom.